The smallest absolute Gasteiger partial charge is 0.235 e. The average Bonchev–Trinajstić information content (AvgIpc) is 3.06. The normalized spacial score (nSPS) is 15.7. The van der Waals surface area contributed by atoms with Crippen LogP contribution in [0.15, 0.2) is 6.20 Å². The van der Waals surface area contributed by atoms with E-state index in [1.54, 1.807) is 13.3 Å². The second-order valence-electron chi connectivity index (χ2n) is 5.94. The first kappa shape index (κ1) is 17.0. The molecule has 1 aliphatic rings. The summed E-state index contributed by atoms with van der Waals surface area (Å²) in [7, 11) is 1.69. The number of rotatable bonds is 6. The highest BCUT2D eigenvalue weighted by atomic mass is 32.1. The third kappa shape index (κ3) is 4.18. The van der Waals surface area contributed by atoms with Crippen LogP contribution in [0, 0.1) is 13.8 Å². The molecule has 130 valence electrons. The van der Waals surface area contributed by atoms with Crippen molar-refractivity contribution in [3.05, 3.63) is 23.4 Å². The van der Waals surface area contributed by atoms with Crippen LogP contribution < -0.4 is 9.64 Å². The molecule has 1 saturated heterocycles. The van der Waals surface area contributed by atoms with Crippen LogP contribution in [0.4, 0.5) is 5.13 Å². The molecule has 2 aromatic heterocycles. The molecule has 3 rings (SSSR count). The van der Waals surface area contributed by atoms with Crippen molar-refractivity contribution in [3.8, 4) is 5.88 Å². The zero-order valence-electron chi connectivity index (χ0n) is 14.4. The van der Waals surface area contributed by atoms with E-state index in [2.05, 4.69) is 24.2 Å². The fourth-order valence-corrected chi connectivity index (χ4v) is 3.38. The molecule has 7 nitrogen and oxygen atoms in total. The number of hydrogen-bond donors (Lipinski definition) is 0. The van der Waals surface area contributed by atoms with Gasteiger partial charge in [0.25, 0.3) is 0 Å². The van der Waals surface area contributed by atoms with Gasteiger partial charge in [-0.2, -0.15) is 4.37 Å². The highest BCUT2D eigenvalue weighted by Gasteiger charge is 2.24. The predicted molar refractivity (Wildman–Crippen MR) is 92.9 cm³/mol. The number of piperidine rings is 1. The Kier molecular flexibility index (Phi) is 5.57. The van der Waals surface area contributed by atoms with Gasteiger partial charge in [-0.25, -0.2) is 9.97 Å². The first-order valence-corrected chi connectivity index (χ1v) is 8.96. The Morgan fingerprint density at radius 3 is 2.79 bits per heavy atom. The van der Waals surface area contributed by atoms with Gasteiger partial charge in [-0.1, -0.05) is 0 Å². The molecule has 0 unspecified atom stereocenters. The zero-order chi connectivity index (χ0) is 16.9. The van der Waals surface area contributed by atoms with Gasteiger partial charge in [0.2, 0.25) is 11.0 Å². The lowest BCUT2D eigenvalue weighted by molar-refractivity contribution is 0.161. The van der Waals surface area contributed by atoms with Gasteiger partial charge in [0.05, 0.1) is 18.0 Å². The Morgan fingerprint density at radius 2 is 2.04 bits per heavy atom. The number of nitrogens with zero attached hydrogens (tertiary/aromatic N) is 5. The summed E-state index contributed by atoms with van der Waals surface area (Å²) >= 11 is 1.46. The molecular formula is C16H23N5O2S. The topological polar surface area (TPSA) is 73.3 Å². The number of ether oxygens (including phenoxy) is 2. The van der Waals surface area contributed by atoms with Crippen LogP contribution in [0.5, 0.6) is 5.88 Å². The van der Waals surface area contributed by atoms with Crippen LogP contribution in [0.2, 0.25) is 0 Å². The third-order valence-corrected chi connectivity index (χ3v) is 4.83. The van der Waals surface area contributed by atoms with Crippen LogP contribution in [0.3, 0.4) is 0 Å². The maximum absolute atomic E-state index is 6.06. The molecule has 0 saturated carbocycles. The molecule has 2 aromatic rings. The molecule has 0 radical (unpaired) electrons. The van der Waals surface area contributed by atoms with Gasteiger partial charge < -0.3 is 14.4 Å². The van der Waals surface area contributed by atoms with E-state index in [1.165, 1.54) is 11.5 Å². The highest BCUT2D eigenvalue weighted by molar-refractivity contribution is 7.09. The molecule has 0 aromatic carbocycles. The van der Waals surface area contributed by atoms with Gasteiger partial charge in [0, 0.05) is 57.2 Å². The minimum atomic E-state index is 0.178. The standard InChI is InChI=1S/C16H23N5O2S/c1-11-10-17-12(2)15(18-11)23-13-4-7-21(8-5-13)16-19-14(20-24-16)6-9-22-3/h10,13H,4-9H2,1-3H3. The van der Waals surface area contributed by atoms with Crippen molar-refractivity contribution < 1.29 is 9.47 Å². The van der Waals surface area contributed by atoms with Crippen LogP contribution in [-0.4, -0.2) is 52.2 Å². The Bertz CT molecular complexity index is 670. The summed E-state index contributed by atoms with van der Waals surface area (Å²) < 4.78 is 15.5. The lowest BCUT2D eigenvalue weighted by atomic mass is 10.1. The van der Waals surface area contributed by atoms with Gasteiger partial charge >= 0.3 is 0 Å². The minimum Gasteiger partial charge on any atom is -0.473 e. The highest BCUT2D eigenvalue weighted by Crippen LogP contribution is 2.25. The second kappa shape index (κ2) is 7.85. The van der Waals surface area contributed by atoms with E-state index in [-0.39, 0.29) is 6.10 Å². The fourth-order valence-electron chi connectivity index (χ4n) is 2.62. The van der Waals surface area contributed by atoms with E-state index in [0.29, 0.717) is 12.5 Å². The van der Waals surface area contributed by atoms with E-state index in [9.17, 15) is 0 Å². The van der Waals surface area contributed by atoms with Gasteiger partial charge in [-0.05, 0) is 13.8 Å². The zero-order valence-corrected chi connectivity index (χ0v) is 15.2. The number of hydrogen-bond acceptors (Lipinski definition) is 8. The third-order valence-electron chi connectivity index (χ3n) is 4.01. The van der Waals surface area contributed by atoms with Gasteiger partial charge in [-0.15, -0.1) is 0 Å². The predicted octanol–water partition coefficient (Wildman–Crippen LogP) is 2.18. The molecule has 1 fully saturated rings. The Labute approximate surface area is 146 Å². The summed E-state index contributed by atoms with van der Waals surface area (Å²) in [5.41, 5.74) is 1.72. The fraction of sp³-hybridized carbons (Fsp3) is 0.625. The molecule has 0 N–H and O–H groups in total. The van der Waals surface area contributed by atoms with E-state index in [1.807, 2.05) is 13.8 Å². The summed E-state index contributed by atoms with van der Waals surface area (Å²) in [5.74, 6) is 1.52. The SMILES string of the molecule is COCCc1nsc(N2CCC(Oc3nc(C)cnc3C)CC2)n1. The van der Waals surface area contributed by atoms with Crippen molar-refractivity contribution in [2.45, 2.75) is 39.2 Å². The summed E-state index contributed by atoms with van der Waals surface area (Å²) in [4.78, 5) is 15.6. The lowest BCUT2D eigenvalue weighted by Gasteiger charge is -2.31. The van der Waals surface area contributed by atoms with Crippen molar-refractivity contribution in [3.63, 3.8) is 0 Å². The van der Waals surface area contributed by atoms with Crippen molar-refractivity contribution in [1.29, 1.82) is 0 Å². The van der Waals surface area contributed by atoms with Crippen LogP contribution in [0.25, 0.3) is 0 Å². The Morgan fingerprint density at radius 1 is 1.25 bits per heavy atom. The largest absolute Gasteiger partial charge is 0.473 e. The first-order valence-electron chi connectivity index (χ1n) is 8.19. The van der Waals surface area contributed by atoms with E-state index in [0.717, 1.165) is 54.7 Å². The molecule has 3 heterocycles. The lowest BCUT2D eigenvalue weighted by Crippen LogP contribution is -2.38. The first-order chi connectivity index (χ1) is 11.7. The molecule has 0 amide bonds. The maximum atomic E-state index is 6.06. The summed E-state index contributed by atoms with van der Waals surface area (Å²) in [5, 5.41) is 0.992. The van der Waals surface area contributed by atoms with Gasteiger partial charge in [0.1, 0.15) is 11.9 Å². The molecule has 0 aliphatic carbocycles. The van der Waals surface area contributed by atoms with E-state index >= 15 is 0 Å². The molecule has 0 atom stereocenters. The van der Waals surface area contributed by atoms with Crippen LogP contribution >= 0.6 is 11.5 Å². The monoisotopic (exact) mass is 349 g/mol. The number of methoxy groups -OCH3 is 1. The van der Waals surface area contributed by atoms with Crippen LogP contribution in [-0.2, 0) is 11.2 Å². The van der Waals surface area contributed by atoms with Gasteiger partial charge in [0.15, 0.2) is 0 Å². The van der Waals surface area contributed by atoms with Crippen molar-refractivity contribution in [1.82, 2.24) is 19.3 Å². The average molecular weight is 349 g/mol. The van der Waals surface area contributed by atoms with Crippen molar-refractivity contribution in [2.24, 2.45) is 0 Å². The summed E-state index contributed by atoms with van der Waals surface area (Å²) in [6.07, 6.45) is 4.60. The molecule has 8 heteroatoms. The number of anilines is 1. The Hall–Kier alpha value is -1.80. The number of aromatic nitrogens is 4. The Balaban J connectivity index is 1.54. The number of aryl methyl sites for hydroxylation is 2. The summed E-state index contributed by atoms with van der Waals surface area (Å²) in [6.45, 7) is 6.35. The molecule has 1 aliphatic heterocycles. The van der Waals surface area contributed by atoms with E-state index in [4.69, 9.17) is 9.47 Å². The van der Waals surface area contributed by atoms with Crippen molar-refractivity contribution in [2.75, 3.05) is 31.7 Å². The minimum absolute atomic E-state index is 0.178. The molecule has 0 bridgehead atoms. The molecule has 24 heavy (non-hydrogen) atoms. The summed E-state index contributed by atoms with van der Waals surface area (Å²) in [6, 6.07) is 0. The second-order valence-corrected chi connectivity index (χ2v) is 6.67. The quantitative estimate of drug-likeness (QED) is 0.791. The van der Waals surface area contributed by atoms with Crippen molar-refractivity contribution >= 4 is 16.7 Å². The molecule has 0 spiro atoms. The molecular weight excluding hydrogens is 326 g/mol. The maximum Gasteiger partial charge on any atom is 0.235 e. The van der Waals surface area contributed by atoms with Crippen LogP contribution in [0.1, 0.15) is 30.1 Å². The van der Waals surface area contributed by atoms with Gasteiger partial charge in [-0.3, -0.25) is 4.98 Å². The van der Waals surface area contributed by atoms with E-state index < -0.39 is 0 Å².